The molecular weight excluding hydrogens is 466 g/mol. The van der Waals surface area contributed by atoms with E-state index in [1.54, 1.807) is 28.8 Å². The van der Waals surface area contributed by atoms with Crippen molar-refractivity contribution < 1.29 is 8.42 Å². The number of benzene rings is 3. The van der Waals surface area contributed by atoms with Gasteiger partial charge < -0.3 is 0 Å². The van der Waals surface area contributed by atoms with Gasteiger partial charge in [-0.25, -0.2) is 8.42 Å². The van der Waals surface area contributed by atoms with Crippen LogP contribution in [0.4, 0.5) is 5.69 Å². The zero-order chi connectivity index (χ0) is 23.5. The lowest BCUT2D eigenvalue weighted by Gasteiger charge is -2.24. The van der Waals surface area contributed by atoms with Crippen LogP contribution in [0.3, 0.4) is 0 Å². The van der Waals surface area contributed by atoms with E-state index in [2.05, 4.69) is 22.3 Å². The minimum Gasteiger partial charge on any atom is -0.266 e. The molecule has 34 heavy (non-hydrogen) atoms. The standard InChI is InChI=1S/C25H23N5O2S2/c1-19-12-14-22(15-13-19)34(31,32)29(21-10-6-3-7-11-21)17-16-23-26-27-25-30(23)28-24(33-25)18-20-8-4-2-5-9-20/h2-15H,16-18H2,1H3. The van der Waals surface area contributed by atoms with Crippen LogP contribution in [0.2, 0.25) is 0 Å². The summed E-state index contributed by atoms with van der Waals surface area (Å²) >= 11 is 1.49. The highest BCUT2D eigenvalue weighted by Gasteiger charge is 2.25. The fraction of sp³-hybridized carbons (Fsp3) is 0.160. The van der Waals surface area contributed by atoms with Gasteiger partial charge in [0.05, 0.1) is 10.6 Å². The van der Waals surface area contributed by atoms with Crippen LogP contribution in [0.15, 0.2) is 89.8 Å². The van der Waals surface area contributed by atoms with E-state index in [0.29, 0.717) is 29.3 Å². The van der Waals surface area contributed by atoms with Crippen LogP contribution in [0.1, 0.15) is 22.0 Å². The summed E-state index contributed by atoms with van der Waals surface area (Å²) < 4.78 is 30.2. The van der Waals surface area contributed by atoms with E-state index in [0.717, 1.165) is 10.6 Å². The van der Waals surface area contributed by atoms with Crippen molar-refractivity contribution in [1.82, 2.24) is 19.8 Å². The Balaban J connectivity index is 1.42. The summed E-state index contributed by atoms with van der Waals surface area (Å²) in [4.78, 5) is 0.959. The zero-order valence-electron chi connectivity index (χ0n) is 18.6. The maximum absolute atomic E-state index is 13.5. The van der Waals surface area contributed by atoms with Gasteiger partial charge in [0.15, 0.2) is 5.82 Å². The lowest BCUT2D eigenvalue weighted by molar-refractivity contribution is 0.589. The van der Waals surface area contributed by atoms with Crippen molar-refractivity contribution in [3.8, 4) is 0 Å². The monoisotopic (exact) mass is 489 g/mol. The number of aromatic nitrogens is 4. The van der Waals surface area contributed by atoms with Crippen LogP contribution in [0.5, 0.6) is 0 Å². The quantitative estimate of drug-likeness (QED) is 0.320. The van der Waals surface area contributed by atoms with E-state index in [9.17, 15) is 8.42 Å². The van der Waals surface area contributed by atoms with Crippen molar-refractivity contribution in [2.45, 2.75) is 24.7 Å². The Kier molecular flexibility index (Phi) is 6.12. The molecule has 0 aliphatic carbocycles. The lowest BCUT2D eigenvalue weighted by atomic mass is 10.2. The minimum atomic E-state index is -3.75. The number of para-hydroxylation sites is 1. The first-order valence-electron chi connectivity index (χ1n) is 10.9. The van der Waals surface area contributed by atoms with Crippen LogP contribution >= 0.6 is 11.3 Å². The summed E-state index contributed by atoms with van der Waals surface area (Å²) in [5.41, 5.74) is 2.78. The molecule has 0 bridgehead atoms. The van der Waals surface area contributed by atoms with Crippen LogP contribution in [-0.4, -0.2) is 34.8 Å². The second kappa shape index (κ2) is 9.36. The molecular formula is C25H23N5O2S2. The highest BCUT2D eigenvalue weighted by Crippen LogP contribution is 2.25. The molecule has 2 heterocycles. The lowest BCUT2D eigenvalue weighted by Crippen LogP contribution is -2.33. The van der Waals surface area contributed by atoms with Crippen molar-refractivity contribution in [2.24, 2.45) is 0 Å². The number of hydrogen-bond donors (Lipinski definition) is 0. The first-order chi connectivity index (χ1) is 16.5. The van der Waals surface area contributed by atoms with Crippen molar-refractivity contribution in [3.63, 3.8) is 0 Å². The first kappa shape index (κ1) is 22.2. The van der Waals surface area contributed by atoms with Gasteiger partial charge in [-0.1, -0.05) is 77.6 Å². The number of anilines is 1. The number of sulfonamides is 1. The highest BCUT2D eigenvalue weighted by molar-refractivity contribution is 7.92. The van der Waals surface area contributed by atoms with E-state index in [1.165, 1.54) is 21.2 Å². The molecule has 0 atom stereocenters. The summed E-state index contributed by atoms with van der Waals surface area (Å²) in [5.74, 6) is 0.630. The minimum absolute atomic E-state index is 0.215. The summed E-state index contributed by atoms with van der Waals surface area (Å²) in [5, 5.41) is 14.2. The predicted molar refractivity (Wildman–Crippen MR) is 134 cm³/mol. The van der Waals surface area contributed by atoms with Gasteiger partial charge in [0.2, 0.25) is 4.96 Å². The molecule has 7 nitrogen and oxygen atoms in total. The summed E-state index contributed by atoms with van der Waals surface area (Å²) in [6.07, 6.45) is 1.09. The van der Waals surface area contributed by atoms with Gasteiger partial charge in [-0.3, -0.25) is 4.31 Å². The van der Waals surface area contributed by atoms with E-state index < -0.39 is 10.0 Å². The molecule has 0 radical (unpaired) electrons. The molecule has 0 spiro atoms. The van der Waals surface area contributed by atoms with E-state index in [4.69, 9.17) is 5.10 Å². The Morgan fingerprint density at radius 2 is 1.56 bits per heavy atom. The maximum Gasteiger partial charge on any atom is 0.264 e. The Hall–Kier alpha value is -3.56. The number of aryl methyl sites for hydroxylation is 1. The van der Waals surface area contributed by atoms with Crippen molar-refractivity contribution in [2.75, 3.05) is 10.8 Å². The number of fused-ring (bicyclic) bond motifs is 1. The molecule has 0 aliphatic rings. The molecule has 0 unspecified atom stereocenters. The van der Waals surface area contributed by atoms with Crippen LogP contribution in [-0.2, 0) is 22.9 Å². The molecule has 172 valence electrons. The summed E-state index contributed by atoms with van der Waals surface area (Å²) in [7, 11) is -3.75. The molecule has 3 aromatic carbocycles. The Morgan fingerprint density at radius 3 is 2.26 bits per heavy atom. The fourth-order valence-electron chi connectivity index (χ4n) is 3.72. The second-order valence-electron chi connectivity index (χ2n) is 7.94. The third kappa shape index (κ3) is 4.57. The van der Waals surface area contributed by atoms with Gasteiger partial charge in [-0.05, 0) is 36.8 Å². The Bertz CT molecular complexity index is 1500. The third-order valence-electron chi connectivity index (χ3n) is 5.49. The molecule has 0 saturated heterocycles. The van der Waals surface area contributed by atoms with E-state index >= 15 is 0 Å². The molecule has 9 heteroatoms. The number of rotatable bonds is 8. The topological polar surface area (TPSA) is 80.5 Å². The molecule has 2 aromatic heterocycles. The smallest absolute Gasteiger partial charge is 0.264 e. The maximum atomic E-state index is 13.5. The third-order valence-corrected chi connectivity index (χ3v) is 8.23. The normalized spacial score (nSPS) is 11.7. The molecule has 0 N–H and O–H groups in total. The highest BCUT2D eigenvalue weighted by atomic mass is 32.2. The van der Waals surface area contributed by atoms with Crippen molar-refractivity contribution in [1.29, 1.82) is 0 Å². The summed E-state index contributed by atoms with van der Waals surface area (Å²) in [6, 6.07) is 26.2. The molecule has 0 amide bonds. The zero-order valence-corrected chi connectivity index (χ0v) is 20.2. The molecule has 0 saturated carbocycles. The number of nitrogens with zero attached hydrogens (tertiary/aromatic N) is 5. The van der Waals surface area contributed by atoms with Crippen molar-refractivity contribution >= 4 is 32.0 Å². The van der Waals surface area contributed by atoms with Gasteiger partial charge in [0, 0.05) is 19.4 Å². The molecule has 0 fully saturated rings. The molecule has 0 aliphatic heterocycles. The average Bonchev–Trinajstić information content (AvgIpc) is 3.41. The van der Waals surface area contributed by atoms with Crippen LogP contribution < -0.4 is 4.31 Å². The van der Waals surface area contributed by atoms with Gasteiger partial charge in [-0.2, -0.15) is 9.61 Å². The van der Waals surface area contributed by atoms with E-state index in [1.807, 2.05) is 55.5 Å². The predicted octanol–water partition coefficient (Wildman–Crippen LogP) is 4.52. The van der Waals surface area contributed by atoms with Gasteiger partial charge in [-0.15, -0.1) is 10.2 Å². The largest absolute Gasteiger partial charge is 0.266 e. The number of hydrogen-bond acceptors (Lipinski definition) is 6. The van der Waals surface area contributed by atoms with Crippen LogP contribution in [0, 0.1) is 6.92 Å². The van der Waals surface area contributed by atoms with Gasteiger partial charge >= 0.3 is 0 Å². The van der Waals surface area contributed by atoms with Crippen molar-refractivity contribution in [3.05, 3.63) is 107 Å². The average molecular weight is 490 g/mol. The molecule has 5 aromatic rings. The molecule has 5 rings (SSSR count). The second-order valence-corrected chi connectivity index (χ2v) is 10.8. The first-order valence-corrected chi connectivity index (χ1v) is 13.1. The SMILES string of the molecule is Cc1ccc(S(=O)(=O)N(CCc2nnc3sc(Cc4ccccc4)nn23)c2ccccc2)cc1. The Labute approximate surface area is 202 Å². The van der Waals surface area contributed by atoms with Gasteiger partial charge in [0.1, 0.15) is 5.01 Å². The summed E-state index contributed by atoms with van der Waals surface area (Å²) in [6.45, 7) is 2.15. The van der Waals surface area contributed by atoms with Crippen LogP contribution in [0.25, 0.3) is 4.96 Å². The van der Waals surface area contributed by atoms with E-state index in [-0.39, 0.29) is 11.4 Å². The Morgan fingerprint density at radius 1 is 0.882 bits per heavy atom. The van der Waals surface area contributed by atoms with Gasteiger partial charge in [0.25, 0.3) is 10.0 Å². The fourth-order valence-corrected chi connectivity index (χ4v) is 6.07.